The van der Waals surface area contributed by atoms with Crippen molar-refractivity contribution < 1.29 is 0 Å². The van der Waals surface area contributed by atoms with Crippen LogP contribution in [-0.4, -0.2) is 39.1 Å². The van der Waals surface area contributed by atoms with E-state index in [1.165, 1.54) is 19.4 Å². The van der Waals surface area contributed by atoms with Gasteiger partial charge >= 0.3 is 0 Å². The molecule has 4 nitrogen and oxygen atoms in total. The van der Waals surface area contributed by atoms with Gasteiger partial charge in [-0.25, -0.2) is 0 Å². The summed E-state index contributed by atoms with van der Waals surface area (Å²) in [6, 6.07) is 4.59. The second-order valence-electron chi connectivity index (χ2n) is 4.67. The lowest BCUT2D eigenvalue weighted by molar-refractivity contribution is 0.305. The fourth-order valence-corrected chi connectivity index (χ4v) is 2.84. The van der Waals surface area contributed by atoms with E-state index < -0.39 is 0 Å². The Morgan fingerprint density at radius 3 is 3.06 bits per heavy atom. The largest absolute Gasteiger partial charge is 0.303 e. The van der Waals surface area contributed by atoms with Crippen LogP contribution in [0.4, 0.5) is 0 Å². The third-order valence-corrected chi connectivity index (χ3v) is 4.00. The predicted octanol–water partition coefficient (Wildman–Crippen LogP) is 2.13. The highest BCUT2D eigenvalue weighted by Gasteiger charge is 2.22. The molecule has 3 rings (SSSR count). The lowest BCUT2D eigenvalue weighted by Crippen LogP contribution is -2.27. The summed E-state index contributed by atoms with van der Waals surface area (Å²) < 4.78 is 3.14. The first-order chi connectivity index (χ1) is 8.24. The summed E-state index contributed by atoms with van der Waals surface area (Å²) in [5.74, 6) is 1.06. The van der Waals surface area contributed by atoms with Crippen molar-refractivity contribution in [1.29, 1.82) is 0 Å². The Balaban J connectivity index is 1.92. The van der Waals surface area contributed by atoms with E-state index in [1.807, 2.05) is 18.3 Å². The van der Waals surface area contributed by atoms with Crippen LogP contribution in [0.15, 0.2) is 22.8 Å². The van der Waals surface area contributed by atoms with Crippen LogP contribution < -0.4 is 0 Å². The summed E-state index contributed by atoms with van der Waals surface area (Å²) in [7, 11) is 2.19. The minimum Gasteiger partial charge on any atom is -0.303 e. The standard InChI is InChI=1S/C12H15BrN4/c1-16-6-2-3-10(16)7-12-15-14-11-5-4-9(13)8-17(11)12/h4-5,8,10H,2-3,6-7H2,1H3. The number of pyridine rings is 1. The number of nitrogens with zero attached hydrogens (tertiary/aromatic N) is 4. The third kappa shape index (κ3) is 2.09. The zero-order valence-electron chi connectivity index (χ0n) is 9.80. The Bertz CT molecular complexity index is 536. The average molecular weight is 295 g/mol. The van der Waals surface area contributed by atoms with Gasteiger partial charge in [-0.2, -0.15) is 0 Å². The van der Waals surface area contributed by atoms with E-state index in [0.717, 1.165) is 22.4 Å². The van der Waals surface area contributed by atoms with Gasteiger partial charge in [0.15, 0.2) is 5.65 Å². The summed E-state index contributed by atoms with van der Waals surface area (Å²) in [4.78, 5) is 2.42. The number of aromatic nitrogens is 3. The Kier molecular flexibility index (Phi) is 2.88. The van der Waals surface area contributed by atoms with Crippen LogP contribution in [0.3, 0.4) is 0 Å². The van der Waals surface area contributed by atoms with Gasteiger partial charge in [-0.05, 0) is 54.5 Å². The molecule has 5 heteroatoms. The molecule has 1 fully saturated rings. The molecule has 0 radical (unpaired) electrons. The van der Waals surface area contributed by atoms with Crippen molar-refractivity contribution in [2.75, 3.05) is 13.6 Å². The Morgan fingerprint density at radius 2 is 2.29 bits per heavy atom. The maximum atomic E-state index is 4.30. The van der Waals surface area contributed by atoms with E-state index in [4.69, 9.17) is 0 Å². The first-order valence-electron chi connectivity index (χ1n) is 5.93. The summed E-state index contributed by atoms with van der Waals surface area (Å²) in [5.41, 5.74) is 0.920. The van der Waals surface area contributed by atoms with E-state index in [-0.39, 0.29) is 0 Å². The van der Waals surface area contributed by atoms with Gasteiger partial charge in [0.05, 0.1) is 0 Å². The van der Waals surface area contributed by atoms with Gasteiger partial charge in [0.2, 0.25) is 0 Å². The molecule has 17 heavy (non-hydrogen) atoms. The minimum absolute atomic E-state index is 0.612. The molecule has 1 saturated heterocycles. The minimum atomic E-state index is 0.612. The number of likely N-dealkylation sites (N-methyl/N-ethyl adjacent to an activating group) is 1. The second kappa shape index (κ2) is 4.38. The van der Waals surface area contributed by atoms with Gasteiger partial charge in [0.25, 0.3) is 0 Å². The smallest absolute Gasteiger partial charge is 0.160 e. The third-order valence-electron chi connectivity index (χ3n) is 3.53. The molecule has 2 aromatic heterocycles. The number of rotatable bonds is 2. The van der Waals surface area contributed by atoms with E-state index >= 15 is 0 Å². The molecule has 0 aliphatic carbocycles. The van der Waals surface area contributed by atoms with Gasteiger partial charge in [0.1, 0.15) is 5.82 Å². The highest BCUT2D eigenvalue weighted by atomic mass is 79.9. The number of hydrogen-bond donors (Lipinski definition) is 0. The van der Waals surface area contributed by atoms with Crippen LogP contribution in [0.2, 0.25) is 0 Å². The zero-order valence-corrected chi connectivity index (χ0v) is 11.4. The molecule has 1 aliphatic rings. The van der Waals surface area contributed by atoms with Gasteiger partial charge in [0, 0.05) is 23.1 Å². The Labute approximate surface area is 109 Å². The SMILES string of the molecule is CN1CCCC1Cc1nnc2ccc(Br)cn12. The fourth-order valence-electron chi connectivity index (χ4n) is 2.50. The number of halogens is 1. The normalized spacial score (nSPS) is 21.4. The van der Waals surface area contributed by atoms with Crippen molar-refractivity contribution in [3.05, 3.63) is 28.6 Å². The van der Waals surface area contributed by atoms with Crippen molar-refractivity contribution in [3.63, 3.8) is 0 Å². The molecule has 0 N–H and O–H groups in total. The van der Waals surface area contributed by atoms with Crippen molar-refractivity contribution >= 4 is 21.6 Å². The van der Waals surface area contributed by atoms with Crippen LogP contribution >= 0.6 is 15.9 Å². The van der Waals surface area contributed by atoms with E-state index in [9.17, 15) is 0 Å². The van der Waals surface area contributed by atoms with Crippen LogP contribution in [-0.2, 0) is 6.42 Å². The highest BCUT2D eigenvalue weighted by Crippen LogP contribution is 2.19. The topological polar surface area (TPSA) is 33.4 Å². The molecule has 0 saturated carbocycles. The van der Waals surface area contributed by atoms with E-state index in [2.05, 4.69) is 42.5 Å². The molecule has 0 aromatic carbocycles. The molecule has 0 bridgehead atoms. The van der Waals surface area contributed by atoms with Gasteiger partial charge < -0.3 is 4.90 Å². The van der Waals surface area contributed by atoms with Crippen molar-refractivity contribution in [1.82, 2.24) is 19.5 Å². The maximum Gasteiger partial charge on any atom is 0.160 e. The molecule has 1 aliphatic heterocycles. The summed E-state index contributed by atoms with van der Waals surface area (Å²) in [6.07, 6.45) is 5.58. The molecular weight excluding hydrogens is 280 g/mol. The molecular formula is C12H15BrN4. The molecule has 0 amide bonds. The zero-order chi connectivity index (χ0) is 11.8. The molecule has 90 valence electrons. The van der Waals surface area contributed by atoms with Gasteiger partial charge in [-0.1, -0.05) is 0 Å². The molecule has 2 aromatic rings. The average Bonchev–Trinajstić information content (AvgIpc) is 2.88. The van der Waals surface area contributed by atoms with E-state index in [0.29, 0.717) is 6.04 Å². The first kappa shape index (κ1) is 11.2. The summed E-state index contributed by atoms with van der Waals surface area (Å²) >= 11 is 3.49. The Morgan fingerprint density at radius 1 is 1.41 bits per heavy atom. The molecule has 3 heterocycles. The maximum absolute atomic E-state index is 4.30. The van der Waals surface area contributed by atoms with Crippen molar-refractivity contribution in [3.8, 4) is 0 Å². The summed E-state index contributed by atoms with van der Waals surface area (Å²) in [6.45, 7) is 1.20. The monoisotopic (exact) mass is 294 g/mol. The fraction of sp³-hybridized carbons (Fsp3) is 0.500. The van der Waals surface area contributed by atoms with Crippen LogP contribution in [0, 0.1) is 0 Å². The van der Waals surface area contributed by atoms with Gasteiger partial charge in [-0.15, -0.1) is 10.2 Å². The van der Waals surface area contributed by atoms with Crippen molar-refractivity contribution in [2.45, 2.75) is 25.3 Å². The second-order valence-corrected chi connectivity index (χ2v) is 5.59. The van der Waals surface area contributed by atoms with Crippen LogP contribution in [0.1, 0.15) is 18.7 Å². The van der Waals surface area contributed by atoms with Crippen LogP contribution in [0.5, 0.6) is 0 Å². The lowest BCUT2D eigenvalue weighted by Gasteiger charge is -2.18. The lowest BCUT2D eigenvalue weighted by atomic mass is 10.1. The number of fused-ring (bicyclic) bond motifs is 1. The molecule has 1 unspecified atom stereocenters. The number of hydrogen-bond acceptors (Lipinski definition) is 3. The first-order valence-corrected chi connectivity index (χ1v) is 6.73. The molecule has 1 atom stereocenters. The number of likely N-dealkylation sites (tertiary alicyclic amines) is 1. The molecule has 0 spiro atoms. The predicted molar refractivity (Wildman–Crippen MR) is 70.0 cm³/mol. The highest BCUT2D eigenvalue weighted by molar-refractivity contribution is 9.10. The summed E-state index contributed by atoms with van der Waals surface area (Å²) in [5, 5.41) is 8.50. The van der Waals surface area contributed by atoms with E-state index in [1.54, 1.807) is 0 Å². The van der Waals surface area contributed by atoms with Crippen molar-refractivity contribution in [2.24, 2.45) is 0 Å². The van der Waals surface area contributed by atoms with Crippen LogP contribution in [0.25, 0.3) is 5.65 Å². The van der Waals surface area contributed by atoms with Gasteiger partial charge in [-0.3, -0.25) is 4.40 Å². The Hall–Kier alpha value is -0.940. The quantitative estimate of drug-likeness (QED) is 0.851.